The second-order valence-corrected chi connectivity index (χ2v) is 6.61. The molecule has 1 aromatic rings. The quantitative estimate of drug-likeness (QED) is 0.899. The van der Waals surface area contributed by atoms with Crippen LogP contribution in [0.1, 0.15) is 39.5 Å². The topological polar surface area (TPSA) is 78.4 Å². The highest BCUT2D eigenvalue weighted by atomic mass is 16.2. The summed E-state index contributed by atoms with van der Waals surface area (Å²) in [6.07, 6.45) is 7.38. The SMILES string of the molecule is CC(=O)N1CCC[C@@H]1[C@H]1CCCN1[C@@H](C)C(=O)Nc1ncccn1. The molecule has 0 unspecified atom stereocenters. The summed E-state index contributed by atoms with van der Waals surface area (Å²) in [6, 6.07) is 1.93. The van der Waals surface area contributed by atoms with Gasteiger partial charge in [0.15, 0.2) is 0 Å². The van der Waals surface area contributed by atoms with Crippen molar-refractivity contribution < 1.29 is 9.59 Å². The van der Waals surface area contributed by atoms with E-state index in [0.29, 0.717) is 5.95 Å². The highest BCUT2D eigenvalue weighted by Gasteiger charge is 2.41. The molecular formula is C17H25N5O2. The van der Waals surface area contributed by atoms with E-state index in [2.05, 4.69) is 20.2 Å². The van der Waals surface area contributed by atoms with Crippen LogP contribution in [0.3, 0.4) is 0 Å². The molecule has 1 N–H and O–H groups in total. The van der Waals surface area contributed by atoms with Gasteiger partial charge in [-0.3, -0.25) is 19.8 Å². The van der Waals surface area contributed by atoms with Crippen LogP contribution in [0, 0.1) is 0 Å². The first-order chi connectivity index (χ1) is 11.6. The number of amides is 2. The Labute approximate surface area is 142 Å². The number of hydrogen-bond donors (Lipinski definition) is 1. The third-order valence-electron chi connectivity index (χ3n) is 5.17. The standard InChI is InChI=1S/C17H25N5O2/c1-12(16(24)20-17-18-8-5-9-19-17)21-10-3-6-14(21)15-7-4-11-22(15)13(2)23/h5,8-9,12,14-15H,3-4,6-7,10-11H2,1-2H3,(H,18,19,20,24)/t12-,14+,15+/m0/s1. The third kappa shape index (κ3) is 3.40. The van der Waals surface area contributed by atoms with Crippen LogP contribution in [0.2, 0.25) is 0 Å². The van der Waals surface area contributed by atoms with Gasteiger partial charge < -0.3 is 4.90 Å². The summed E-state index contributed by atoms with van der Waals surface area (Å²) in [4.78, 5) is 36.7. The van der Waals surface area contributed by atoms with Crippen LogP contribution < -0.4 is 5.32 Å². The lowest BCUT2D eigenvalue weighted by Crippen LogP contribution is -2.53. The molecule has 0 aromatic carbocycles. The van der Waals surface area contributed by atoms with Gasteiger partial charge in [-0.1, -0.05) is 0 Å². The van der Waals surface area contributed by atoms with Gasteiger partial charge in [-0.15, -0.1) is 0 Å². The van der Waals surface area contributed by atoms with E-state index >= 15 is 0 Å². The maximum Gasteiger partial charge on any atom is 0.243 e. The predicted octanol–water partition coefficient (Wildman–Crippen LogP) is 1.28. The molecule has 0 aliphatic carbocycles. The molecule has 7 nitrogen and oxygen atoms in total. The molecule has 130 valence electrons. The Morgan fingerprint density at radius 1 is 1.17 bits per heavy atom. The van der Waals surface area contributed by atoms with Crippen molar-refractivity contribution in [2.75, 3.05) is 18.4 Å². The highest BCUT2D eigenvalue weighted by Crippen LogP contribution is 2.31. The van der Waals surface area contributed by atoms with Gasteiger partial charge in [-0.25, -0.2) is 9.97 Å². The maximum atomic E-state index is 12.6. The largest absolute Gasteiger partial charge is 0.338 e. The van der Waals surface area contributed by atoms with Crippen LogP contribution in [0.15, 0.2) is 18.5 Å². The molecular weight excluding hydrogens is 306 g/mol. The lowest BCUT2D eigenvalue weighted by Gasteiger charge is -2.37. The molecule has 2 amide bonds. The summed E-state index contributed by atoms with van der Waals surface area (Å²) in [5.74, 6) is 0.371. The minimum Gasteiger partial charge on any atom is -0.338 e. The average Bonchev–Trinajstić information content (AvgIpc) is 3.23. The summed E-state index contributed by atoms with van der Waals surface area (Å²) >= 11 is 0. The summed E-state index contributed by atoms with van der Waals surface area (Å²) in [5, 5.41) is 2.78. The Kier molecular flexibility index (Phi) is 5.08. The number of rotatable bonds is 4. The molecule has 0 bridgehead atoms. The van der Waals surface area contributed by atoms with Crippen molar-refractivity contribution in [3.63, 3.8) is 0 Å². The summed E-state index contributed by atoms with van der Waals surface area (Å²) in [5.41, 5.74) is 0. The highest BCUT2D eigenvalue weighted by molar-refractivity contribution is 5.93. The zero-order valence-corrected chi connectivity index (χ0v) is 14.3. The summed E-state index contributed by atoms with van der Waals surface area (Å²) < 4.78 is 0. The first-order valence-electron chi connectivity index (χ1n) is 8.69. The first kappa shape index (κ1) is 16.8. The van der Waals surface area contributed by atoms with Gasteiger partial charge in [0.2, 0.25) is 17.8 Å². The average molecular weight is 331 g/mol. The van der Waals surface area contributed by atoms with Gasteiger partial charge >= 0.3 is 0 Å². The molecule has 3 rings (SSSR count). The van der Waals surface area contributed by atoms with E-state index < -0.39 is 0 Å². The summed E-state index contributed by atoms with van der Waals surface area (Å²) in [6.45, 7) is 5.28. The minimum absolute atomic E-state index is 0.0968. The Morgan fingerprint density at radius 3 is 2.54 bits per heavy atom. The van der Waals surface area contributed by atoms with Crippen LogP contribution in [-0.4, -0.2) is 62.8 Å². The van der Waals surface area contributed by atoms with Crippen LogP contribution in [-0.2, 0) is 9.59 Å². The maximum absolute atomic E-state index is 12.6. The third-order valence-corrected chi connectivity index (χ3v) is 5.17. The smallest absolute Gasteiger partial charge is 0.243 e. The minimum atomic E-state index is -0.268. The number of nitrogens with one attached hydrogen (secondary N) is 1. The van der Waals surface area contributed by atoms with Crippen LogP contribution in [0.4, 0.5) is 5.95 Å². The van der Waals surface area contributed by atoms with Crippen molar-refractivity contribution in [3.05, 3.63) is 18.5 Å². The molecule has 0 radical (unpaired) electrons. The van der Waals surface area contributed by atoms with E-state index in [1.807, 2.05) is 11.8 Å². The van der Waals surface area contributed by atoms with Crippen molar-refractivity contribution in [1.82, 2.24) is 19.8 Å². The number of aromatic nitrogens is 2. The Balaban J connectivity index is 1.68. The lowest BCUT2D eigenvalue weighted by molar-refractivity contribution is -0.131. The Morgan fingerprint density at radius 2 is 1.83 bits per heavy atom. The van der Waals surface area contributed by atoms with E-state index in [9.17, 15) is 9.59 Å². The number of nitrogens with zero attached hydrogens (tertiary/aromatic N) is 4. The van der Waals surface area contributed by atoms with Crippen molar-refractivity contribution in [3.8, 4) is 0 Å². The fourth-order valence-electron chi connectivity index (χ4n) is 4.02. The van der Waals surface area contributed by atoms with E-state index in [1.165, 1.54) is 0 Å². The van der Waals surface area contributed by atoms with Crippen molar-refractivity contribution in [2.45, 2.75) is 57.7 Å². The van der Waals surface area contributed by atoms with Crippen molar-refractivity contribution in [1.29, 1.82) is 0 Å². The fraction of sp³-hybridized carbons (Fsp3) is 0.647. The molecule has 2 aliphatic heterocycles. The zero-order chi connectivity index (χ0) is 17.1. The number of carbonyl (C=O) groups is 2. The monoisotopic (exact) mass is 331 g/mol. The van der Waals surface area contributed by atoms with Gasteiger partial charge in [-0.2, -0.15) is 0 Å². The van der Waals surface area contributed by atoms with E-state index in [4.69, 9.17) is 0 Å². The Bertz CT molecular complexity index is 594. The van der Waals surface area contributed by atoms with Gasteiger partial charge in [0.1, 0.15) is 0 Å². The molecule has 0 saturated carbocycles. The lowest BCUT2D eigenvalue weighted by atomic mass is 10.0. The van der Waals surface area contributed by atoms with Crippen molar-refractivity contribution >= 4 is 17.8 Å². The zero-order valence-electron chi connectivity index (χ0n) is 14.3. The van der Waals surface area contributed by atoms with E-state index in [1.54, 1.807) is 25.4 Å². The van der Waals surface area contributed by atoms with Crippen LogP contribution >= 0.6 is 0 Å². The Hall–Kier alpha value is -2.02. The van der Waals surface area contributed by atoms with Gasteiger partial charge in [0, 0.05) is 37.9 Å². The molecule has 0 spiro atoms. The van der Waals surface area contributed by atoms with E-state index in [-0.39, 0.29) is 29.9 Å². The molecule has 2 fully saturated rings. The van der Waals surface area contributed by atoms with Crippen LogP contribution in [0.5, 0.6) is 0 Å². The van der Waals surface area contributed by atoms with Gasteiger partial charge in [0.25, 0.3) is 0 Å². The second-order valence-electron chi connectivity index (χ2n) is 6.61. The van der Waals surface area contributed by atoms with Crippen LogP contribution in [0.25, 0.3) is 0 Å². The fourth-order valence-corrected chi connectivity index (χ4v) is 4.02. The molecule has 24 heavy (non-hydrogen) atoms. The normalized spacial score (nSPS) is 25.7. The molecule has 2 saturated heterocycles. The predicted molar refractivity (Wildman–Crippen MR) is 90.3 cm³/mol. The summed E-state index contributed by atoms with van der Waals surface area (Å²) in [7, 11) is 0. The number of anilines is 1. The molecule has 7 heteroatoms. The van der Waals surface area contributed by atoms with E-state index in [0.717, 1.165) is 38.8 Å². The second kappa shape index (κ2) is 7.25. The number of carbonyl (C=O) groups excluding carboxylic acids is 2. The first-order valence-corrected chi connectivity index (χ1v) is 8.69. The van der Waals surface area contributed by atoms with Gasteiger partial charge in [-0.05, 0) is 45.2 Å². The molecule has 1 aromatic heterocycles. The molecule has 3 atom stereocenters. The molecule has 3 heterocycles. The number of likely N-dealkylation sites (tertiary alicyclic amines) is 2. The number of hydrogen-bond acceptors (Lipinski definition) is 5. The van der Waals surface area contributed by atoms with Gasteiger partial charge in [0.05, 0.1) is 6.04 Å². The molecule has 2 aliphatic rings. The van der Waals surface area contributed by atoms with Crippen molar-refractivity contribution in [2.24, 2.45) is 0 Å².